The summed E-state index contributed by atoms with van der Waals surface area (Å²) < 4.78 is 5.06. The van der Waals surface area contributed by atoms with Crippen LogP contribution in [-0.2, 0) is 0 Å². The number of fused-ring (bicyclic) bond motifs is 1. The fourth-order valence-electron chi connectivity index (χ4n) is 2.91. The largest absolute Gasteiger partial charge is 0.352 e. The maximum absolute atomic E-state index is 12.3. The van der Waals surface area contributed by atoms with Gasteiger partial charge in [-0.2, -0.15) is 0 Å². The number of aryl methyl sites for hydroxylation is 1. The van der Waals surface area contributed by atoms with E-state index in [0.29, 0.717) is 29.8 Å². The van der Waals surface area contributed by atoms with Crippen molar-refractivity contribution in [1.29, 1.82) is 0 Å². The van der Waals surface area contributed by atoms with Gasteiger partial charge < -0.3 is 14.7 Å². The molecule has 2 aromatic heterocycles. The Bertz CT molecular complexity index is 680. The van der Waals surface area contributed by atoms with E-state index in [9.17, 15) is 4.79 Å². The number of carbonyl (C=O) groups excluding carboxylic acids is 1. The molecule has 0 saturated carbocycles. The van der Waals surface area contributed by atoms with E-state index >= 15 is 0 Å². The van der Waals surface area contributed by atoms with E-state index in [1.54, 1.807) is 6.07 Å². The van der Waals surface area contributed by atoms with E-state index in [1.165, 1.54) is 6.20 Å². The van der Waals surface area contributed by atoms with Crippen LogP contribution in [0, 0.1) is 12.8 Å². The van der Waals surface area contributed by atoms with Crippen LogP contribution in [0.2, 0.25) is 0 Å². The van der Waals surface area contributed by atoms with Gasteiger partial charge in [-0.3, -0.25) is 4.79 Å². The van der Waals surface area contributed by atoms with E-state index in [1.807, 2.05) is 6.92 Å². The topological polar surface area (TPSA) is 71.3 Å². The zero-order valence-electron chi connectivity index (χ0n) is 13.3. The van der Waals surface area contributed by atoms with Gasteiger partial charge >= 0.3 is 0 Å². The fraction of sp³-hybridized carbons (Fsp3) is 0.562. The summed E-state index contributed by atoms with van der Waals surface area (Å²) in [5.41, 5.74) is 1.77. The van der Waals surface area contributed by atoms with E-state index in [2.05, 4.69) is 34.2 Å². The van der Waals surface area contributed by atoms with Gasteiger partial charge in [0.2, 0.25) is 0 Å². The van der Waals surface area contributed by atoms with Gasteiger partial charge in [-0.25, -0.2) is 4.98 Å². The predicted molar refractivity (Wildman–Crippen MR) is 83.7 cm³/mol. The highest BCUT2D eigenvalue weighted by molar-refractivity contribution is 5.96. The molecule has 0 spiro atoms. The zero-order chi connectivity index (χ0) is 15.7. The first-order valence-corrected chi connectivity index (χ1v) is 7.79. The summed E-state index contributed by atoms with van der Waals surface area (Å²) in [6, 6.07) is 2.36. The Morgan fingerprint density at radius 3 is 3.09 bits per heavy atom. The summed E-state index contributed by atoms with van der Waals surface area (Å²) in [5.74, 6) is 0.443. The Labute approximate surface area is 129 Å². The Kier molecular flexibility index (Phi) is 4.11. The van der Waals surface area contributed by atoms with E-state index in [0.717, 1.165) is 30.6 Å². The van der Waals surface area contributed by atoms with Crippen molar-refractivity contribution in [3.8, 4) is 0 Å². The molecule has 3 heterocycles. The molecule has 6 nitrogen and oxygen atoms in total. The number of hydrogen-bond acceptors (Lipinski definition) is 5. The number of nitrogens with one attached hydrogen (secondary N) is 1. The third kappa shape index (κ3) is 2.97. The molecule has 6 heteroatoms. The zero-order valence-corrected chi connectivity index (χ0v) is 13.3. The minimum absolute atomic E-state index is 0.0852. The number of aromatic nitrogens is 2. The third-order valence-corrected chi connectivity index (χ3v) is 4.37. The Balaban J connectivity index is 1.60. The highest BCUT2D eigenvalue weighted by Gasteiger charge is 2.24. The lowest BCUT2D eigenvalue weighted by Gasteiger charge is -2.20. The SMILES string of the molecule is Cc1noc2ncc(C(=O)NC[C@@H]3CCN(C(C)C)C3)cc12. The van der Waals surface area contributed by atoms with Gasteiger partial charge in [0.05, 0.1) is 16.6 Å². The average Bonchev–Trinajstić information content (AvgIpc) is 3.12. The normalized spacial score (nSPS) is 19.2. The van der Waals surface area contributed by atoms with Crippen LogP contribution in [0.15, 0.2) is 16.8 Å². The molecule has 3 rings (SSSR count). The quantitative estimate of drug-likeness (QED) is 0.935. The lowest BCUT2D eigenvalue weighted by Crippen LogP contribution is -2.33. The lowest BCUT2D eigenvalue weighted by molar-refractivity contribution is 0.0947. The van der Waals surface area contributed by atoms with Crippen molar-refractivity contribution in [3.63, 3.8) is 0 Å². The van der Waals surface area contributed by atoms with Crippen molar-refractivity contribution in [2.75, 3.05) is 19.6 Å². The molecule has 0 unspecified atom stereocenters. The van der Waals surface area contributed by atoms with E-state index in [4.69, 9.17) is 4.52 Å². The molecule has 1 saturated heterocycles. The number of hydrogen-bond donors (Lipinski definition) is 1. The average molecular weight is 302 g/mol. The number of pyridine rings is 1. The first kappa shape index (κ1) is 15.0. The van der Waals surface area contributed by atoms with Crippen LogP contribution in [0.4, 0.5) is 0 Å². The molecular weight excluding hydrogens is 280 g/mol. The number of rotatable bonds is 4. The molecule has 1 fully saturated rings. The van der Waals surface area contributed by atoms with Gasteiger partial charge in [-0.1, -0.05) is 5.16 Å². The Morgan fingerprint density at radius 2 is 2.36 bits per heavy atom. The standard InChI is InChI=1S/C16H22N4O2/c1-10(2)20-5-4-12(9-20)7-17-15(21)13-6-14-11(3)19-22-16(14)18-8-13/h6,8,10,12H,4-5,7,9H2,1-3H3,(H,17,21)/t12-/m0/s1. The molecule has 1 N–H and O–H groups in total. The first-order chi connectivity index (χ1) is 10.5. The molecule has 0 aliphatic carbocycles. The smallest absolute Gasteiger partial charge is 0.257 e. The Morgan fingerprint density at radius 1 is 1.55 bits per heavy atom. The molecule has 22 heavy (non-hydrogen) atoms. The van der Waals surface area contributed by atoms with Crippen LogP contribution in [0.25, 0.3) is 11.1 Å². The highest BCUT2D eigenvalue weighted by Crippen LogP contribution is 2.19. The second-order valence-electron chi connectivity index (χ2n) is 6.30. The van der Waals surface area contributed by atoms with Crippen LogP contribution in [0.1, 0.15) is 36.3 Å². The molecule has 1 atom stereocenters. The minimum Gasteiger partial charge on any atom is -0.352 e. The molecule has 0 bridgehead atoms. The summed E-state index contributed by atoms with van der Waals surface area (Å²) in [6.45, 7) is 9.15. The monoisotopic (exact) mass is 302 g/mol. The third-order valence-electron chi connectivity index (χ3n) is 4.37. The van der Waals surface area contributed by atoms with Crippen LogP contribution < -0.4 is 5.32 Å². The molecule has 2 aromatic rings. The fourth-order valence-corrected chi connectivity index (χ4v) is 2.91. The van der Waals surface area contributed by atoms with Crippen molar-refractivity contribution in [1.82, 2.24) is 20.4 Å². The first-order valence-electron chi connectivity index (χ1n) is 7.79. The molecule has 1 aliphatic rings. The second-order valence-corrected chi connectivity index (χ2v) is 6.30. The van der Waals surface area contributed by atoms with Crippen LogP contribution >= 0.6 is 0 Å². The van der Waals surface area contributed by atoms with E-state index < -0.39 is 0 Å². The lowest BCUT2D eigenvalue weighted by atomic mass is 10.1. The Hall–Kier alpha value is -1.95. The molecule has 0 aromatic carbocycles. The van der Waals surface area contributed by atoms with Crippen LogP contribution in [0.5, 0.6) is 0 Å². The predicted octanol–water partition coefficient (Wildman–Crippen LogP) is 1.99. The molecule has 118 valence electrons. The number of likely N-dealkylation sites (tertiary alicyclic amines) is 1. The van der Waals surface area contributed by atoms with Gasteiger partial charge in [-0.15, -0.1) is 0 Å². The summed E-state index contributed by atoms with van der Waals surface area (Å²) in [6.07, 6.45) is 2.68. The van der Waals surface area contributed by atoms with Crippen LogP contribution in [0.3, 0.4) is 0 Å². The number of carbonyl (C=O) groups is 1. The second kappa shape index (κ2) is 6.04. The van der Waals surface area contributed by atoms with Crippen molar-refractivity contribution < 1.29 is 9.32 Å². The van der Waals surface area contributed by atoms with Gasteiger partial charge in [0.25, 0.3) is 11.6 Å². The number of amides is 1. The van der Waals surface area contributed by atoms with Crippen molar-refractivity contribution in [2.24, 2.45) is 5.92 Å². The maximum Gasteiger partial charge on any atom is 0.257 e. The molecule has 1 aliphatic heterocycles. The summed E-state index contributed by atoms with van der Waals surface area (Å²) >= 11 is 0. The summed E-state index contributed by atoms with van der Waals surface area (Å²) in [4.78, 5) is 18.9. The highest BCUT2D eigenvalue weighted by atomic mass is 16.5. The van der Waals surface area contributed by atoms with Crippen molar-refractivity contribution in [3.05, 3.63) is 23.5 Å². The van der Waals surface area contributed by atoms with Gasteiger partial charge in [0, 0.05) is 25.3 Å². The van der Waals surface area contributed by atoms with E-state index in [-0.39, 0.29) is 5.91 Å². The van der Waals surface area contributed by atoms with Crippen LogP contribution in [-0.4, -0.2) is 46.6 Å². The van der Waals surface area contributed by atoms with Gasteiger partial charge in [-0.05, 0) is 45.7 Å². The number of nitrogens with zero attached hydrogens (tertiary/aromatic N) is 3. The summed E-state index contributed by atoms with van der Waals surface area (Å²) in [5, 5.41) is 7.67. The summed E-state index contributed by atoms with van der Waals surface area (Å²) in [7, 11) is 0. The molecule has 0 radical (unpaired) electrons. The minimum atomic E-state index is -0.0852. The van der Waals surface area contributed by atoms with Crippen molar-refractivity contribution >= 4 is 17.0 Å². The van der Waals surface area contributed by atoms with Gasteiger partial charge in [0.15, 0.2) is 0 Å². The van der Waals surface area contributed by atoms with Crippen molar-refractivity contribution in [2.45, 2.75) is 33.2 Å². The maximum atomic E-state index is 12.3. The molecular formula is C16H22N4O2. The molecule has 1 amide bonds. The van der Waals surface area contributed by atoms with Gasteiger partial charge in [0.1, 0.15) is 0 Å².